The van der Waals surface area contributed by atoms with Crippen molar-refractivity contribution in [3.8, 4) is 0 Å². The van der Waals surface area contributed by atoms with Gasteiger partial charge in [0.05, 0.1) is 12.4 Å². The van der Waals surface area contributed by atoms with Gasteiger partial charge < -0.3 is 10.6 Å². The van der Waals surface area contributed by atoms with Crippen LogP contribution in [0.15, 0.2) is 30.6 Å². The van der Waals surface area contributed by atoms with Crippen LogP contribution in [0.2, 0.25) is 0 Å². The molecule has 5 nitrogen and oxygen atoms in total. The van der Waals surface area contributed by atoms with Crippen molar-refractivity contribution in [2.24, 2.45) is 0 Å². The van der Waals surface area contributed by atoms with Crippen molar-refractivity contribution in [1.82, 2.24) is 9.97 Å². The predicted molar refractivity (Wildman–Crippen MR) is 87.2 cm³/mol. The number of benzene rings is 1. The first-order chi connectivity index (χ1) is 10.7. The lowest BCUT2D eigenvalue weighted by atomic mass is 10.1. The van der Waals surface area contributed by atoms with Gasteiger partial charge in [-0.3, -0.25) is 4.79 Å². The van der Waals surface area contributed by atoms with Crippen molar-refractivity contribution in [1.29, 1.82) is 0 Å². The Labute approximate surface area is 130 Å². The summed E-state index contributed by atoms with van der Waals surface area (Å²) in [6.45, 7) is 4.06. The van der Waals surface area contributed by atoms with E-state index in [9.17, 15) is 4.79 Å². The van der Waals surface area contributed by atoms with Crippen LogP contribution in [0.4, 0.5) is 11.5 Å². The van der Waals surface area contributed by atoms with Gasteiger partial charge in [0.15, 0.2) is 0 Å². The van der Waals surface area contributed by atoms with Crippen LogP contribution < -0.4 is 10.6 Å². The van der Waals surface area contributed by atoms with E-state index in [1.165, 1.54) is 19.0 Å². The van der Waals surface area contributed by atoms with Gasteiger partial charge in [-0.2, -0.15) is 0 Å². The van der Waals surface area contributed by atoms with E-state index in [0.29, 0.717) is 11.7 Å². The number of carbonyl (C=O) groups is 1. The van der Waals surface area contributed by atoms with Crippen LogP contribution in [-0.2, 0) is 6.42 Å². The SMILES string of the molecule is CCc1cccc(C)c1NC(=O)c1cnc(NC2CC2)cn1. The summed E-state index contributed by atoms with van der Waals surface area (Å²) < 4.78 is 0. The van der Waals surface area contributed by atoms with Gasteiger partial charge in [0.2, 0.25) is 0 Å². The Hall–Kier alpha value is -2.43. The second-order valence-electron chi connectivity index (χ2n) is 5.62. The number of nitrogens with zero attached hydrogens (tertiary/aromatic N) is 2. The molecule has 1 heterocycles. The third kappa shape index (κ3) is 3.24. The molecule has 1 aromatic heterocycles. The number of hydrogen-bond donors (Lipinski definition) is 2. The molecular weight excluding hydrogens is 276 g/mol. The topological polar surface area (TPSA) is 66.9 Å². The average Bonchev–Trinajstić information content (AvgIpc) is 3.34. The average molecular weight is 296 g/mol. The van der Waals surface area contributed by atoms with E-state index < -0.39 is 0 Å². The molecule has 0 atom stereocenters. The molecule has 0 saturated heterocycles. The summed E-state index contributed by atoms with van der Waals surface area (Å²) in [6.07, 6.45) is 6.36. The number of para-hydroxylation sites is 1. The second kappa shape index (κ2) is 6.13. The molecule has 0 aliphatic heterocycles. The van der Waals surface area contributed by atoms with E-state index >= 15 is 0 Å². The molecule has 1 fully saturated rings. The fourth-order valence-electron chi connectivity index (χ4n) is 2.34. The zero-order chi connectivity index (χ0) is 15.5. The summed E-state index contributed by atoms with van der Waals surface area (Å²) >= 11 is 0. The second-order valence-corrected chi connectivity index (χ2v) is 5.62. The van der Waals surface area contributed by atoms with Gasteiger partial charge in [0.25, 0.3) is 5.91 Å². The highest BCUT2D eigenvalue weighted by Gasteiger charge is 2.21. The minimum Gasteiger partial charge on any atom is -0.366 e. The van der Waals surface area contributed by atoms with Crippen molar-refractivity contribution in [3.63, 3.8) is 0 Å². The predicted octanol–water partition coefficient (Wildman–Crippen LogP) is 3.17. The van der Waals surface area contributed by atoms with Crippen LogP contribution in [0.1, 0.15) is 41.4 Å². The minimum atomic E-state index is -0.227. The van der Waals surface area contributed by atoms with Crippen LogP contribution in [-0.4, -0.2) is 21.9 Å². The highest BCUT2D eigenvalue weighted by molar-refractivity contribution is 6.03. The summed E-state index contributed by atoms with van der Waals surface area (Å²) in [5.74, 6) is 0.499. The van der Waals surface area contributed by atoms with Crippen LogP contribution in [0.25, 0.3) is 0 Å². The summed E-state index contributed by atoms with van der Waals surface area (Å²) in [5.41, 5.74) is 3.37. The van der Waals surface area contributed by atoms with Gasteiger partial charge in [-0.25, -0.2) is 9.97 Å². The molecule has 1 saturated carbocycles. The first-order valence-corrected chi connectivity index (χ1v) is 7.65. The molecule has 1 aromatic carbocycles. The fourth-order valence-corrected chi connectivity index (χ4v) is 2.34. The van der Waals surface area contributed by atoms with Crippen molar-refractivity contribution < 1.29 is 4.79 Å². The molecule has 3 rings (SSSR count). The van der Waals surface area contributed by atoms with E-state index in [2.05, 4.69) is 27.5 Å². The monoisotopic (exact) mass is 296 g/mol. The number of rotatable bonds is 5. The lowest BCUT2D eigenvalue weighted by molar-refractivity contribution is 0.102. The van der Waals surface area contributed by atoms with Crippen LogP contribution in [0.5, 0.6) is 0 Å². The Morgan fingerprint density at radius 3 is 2.73 bits per heavy atom. The van der Waals surface area contributed by atoms with E-state index in [1.807, 2.05) is 25.1 Å². The normalized spacial score (nSPS) is 13.7. The Morgan fingerprint density at radius 1 is 1.27 bits per heavy atom. The zero-order valence-electron chi connectivity index (χ0n) is 12.9. The first-order valence-electron chi connectivity index (χ1n) is 7.65. The Bertz CT molecular complexity index is 678. The highest BCUT2D eigenvalue weighted by atomic mass is 16.1. The molecule has 114 valence electrons. The largest absolute Gasteiger partial charge is 0.366 e. The smallest absolute Gasteiger partial charge is 0.275 e. The lowest BCUT2D eigenvalue weighted by Gasteiger charge is -2.12. The van der Waals surface area contributed by atoms with Gasteiger partial charge in [-0.15, -0.1) is 0 Å². The summed E-state index contributed by atoms with van der Waals surface area (Å²) in [7, 11) is 0. The van der Waals surface area contributed by atoms with Crippen LogP contribution >= 0.6 is 0 Å². The number of amides is 1. The first kappa shape index (κ1) is 14.5. The molecule has 1 aliphatic rings. The molecule has 2 N–H and O–H groups in total. The van der Waals surface area contributed by atoms with Crippen LogP contribution in [0, 0.1) is 6.92 Å². The van der Waals surface area contributed by atoms with E-state index in [0.717, 1.165) is 29.1 Å². The summed E-state index contributed by atoms with van der Waals surface area (Å²) in [4.78, 5) is 20.8. The zero-order valence-corrected chi connectivity index (χ0v) is 12.9. The molecule has 22 heavy (non-hydrogen) atoms. The van der Waals surface area contributed by atoms with Crippen molar-refractivity contribution in [3.05, 3.63) is 47.4 Å². The maximum atomic E-state index is 12.3. The Kier molecular flexibility index (Phi) is 4.04. The van der Waals surface area contributed by atoms with E-state index in [-0.39, 0.29) is 5.91 Å². The lowest BCUT2D eigenvalue weighted by Crippen LogP contribution is -2.16. The molecule has 0 bridgehead atoms. The maximum absolute atomic E-state index is 12.3. The molecule has 0 unspecified atom stereocenters. The number of carbonyl (C=O) groups excluding carboxylic acids is 1. The summed E-state index contributed by atoms with van der Waals surface area (Å²) in [5, 5.41) is 6.21. The van der Waals surface area contributed by atoms with Gasteiger partial charge in [-0.1, -0.05) is 25.1 Å². The standard InChI is InChI=1S/C17H20N4O/c1-3-12-6-4-5-11(2)16(12)21-17(22)14-9-19-15(10-18-14)20-13-7-8-13/h4-6,9-10,13H,3,7-8H2,1-2H3,(H,19,20)(H,21,22). The molecule has 5 heteroatoms. The highest BCUT2D eigenvalue weighted by Crippen LogP contribution is 2.24. The van der Waals surface area contributed by atoms with Gasteiger partial charge >= 0.3 is 0 Å². The Balaban J connectivity index is 1.73. The quantitative estimate of drug-likeness (QED) is 0.889. The third-order valence-electron chi connectivity index (χ3n) is 3.79. The van der Waals surface area contributed by atoms with E-state index in [4.69, 9.17) is 0 Å². The number of hydrogen-bond acceptors (Lipinski definition) is 4. The molecular formula is C17H20N4O. The van der Waals surface area contributed by atoms with Crippen LogP contribution in [0.3, 0.4) is 0 Å². The van der Waals surface area contributed by atoms with Crippen molar-refractivity contribution >= 4 is 17.4 Å². The molecule has 0 radical (unpaired) electrons. The third-order valence-corrected chi connectivity index (χ3v) is 3.79. The molecule has 1 amide bonds. The van der Waals surface area contributed by atoms with Gasteiger partial charge in [-0.05, 0) is 37.3 Å². The number of anilines is 2. The molecule has 0 spiro atoms. The summed E-state index contributed by atoms with van der Waals surface area (Å²) in [6, 6.07) is 6.54. The molecule has 2 aromatic rings. The van der Waals surface area contributed by atoms with E-state index in [1.54, 1.807) is 6.20 Å². The van der Waals surface area contributed by atoms with Crippen molar-refractivity contribution in [2.75, 3.05) is 10.6 Å². The molecule has 1 aliphatic carbocycles. The number of aromatic nitrogens is 2. The van der Waals surface area contributed by atoms with Gasteiger partial charge in [0, 0.05) is 11.7 Å². The fraction of sp³-hybridized carbons (Fsp3) is 0.353. The number of nitrogens with one attached hydrogen (secondary N) is 2. The Morgan fingerprint density at radius 2 is 2.09 bits per heavy atom. The maximum Gasteiger partial charge on any atom is 0.275 e. The van der Waals surface area contributed by atoms with Gasteiger partial charge in [0.1, 0.15) is 11.5 Å². The minimum absolute atomic E-state index is 0.227. The number of aryl methyl sites for hydroxylation is 2. The van der Waals surface area contributed by atoms with Crippen molar-refractivity contribution in [2.45, 2.75) is 39.2 Å².